The number of aryl methyl sites for hydroxylation is 1. The fourth-order valence-corrected chi connectivity index (χ4v) is 3.29. The number of benzene rings is 2. The summed E-state index contributed by atoms with van der Waals surface area (Å²) < 4.78 is 1.43. The molecule has 0 bridgehead atoms. The van der Waals surface area contributed by atoms with Gasteiger partial charge in [-0.05, 0) is 25.0 Å². The van der Waals surface area contributed by atoms with Gasteiger partial charge in [0.2, 0.25) is 11.1 Å². The van der Waals surface area contributed by atoms with Gasteiger partial charge in [0.25, 0.3) is 0 Å². The van der Waals surface area contributed by atoms with E-state index < -0.39 is 0 Å². The van der Waals surface area contributed by atoms with Gasteiger partial charge in [-0.2, -0.15) is 0 Å². The van der Waals surface area contributed by atoms with Crippen molar-refractivity contribution < 1.29 is 4.79 Å². The first-order valence-electron chi connectivity index (χ1n) is 8.30. The predicted molar refractivity (Wildman–Crippen MR) is 104 cm³/mol. The van der Waals surface area contributed by atoms with E-state index in [9.17, 15) is 4.79 Å². The van der Waals surface area contributed by atoms with E-state index >= 15 is 0 Å². The molecular weight excluding hydrogens is 346 g/mol. The monoisotopic (exact) mass is 367 g/mol. The molecule has 3 rings (SSSR count). The van der Waals surface area contributed by atoms with Crippen LogP contribution in [0.1, 0.15) is 24.1 Å². The van der Waals surface area contributed by atoms with E-state index in [0.29, 0.717) is 11.0 Å². The number of nitrogens with zero attached hydrogens (tertiary/aromatic N) is 3. The van der Waals surface area contributed by atoms with Gasteiger partial charge in [-0.1, -0.05) is 66.4 Å². The summed E-state index contributed by atoms with van der Waals surface area (Å²) in [5.74, 6) is 6.85. The second-order valence-electron chi connectivity index (χ2n) is 5.98. The van der Waals surface area contributed by atoms with Crippen LogP contribution in [0.4, 0.5) is 0 Å². The summed E-state index contributed by atoms with van der Waals surface area (Å²) in [4.78, 5) is 12.2. The molecule has 0 aliphatic rings. The van der Waals surface area contributed by atoms with Crippen molar-refractivity contribution in [2.45, 2.75) is 25.0 Å². The molecule has 0 unspecified atom stereocenters. The molecule has 7 heteroatoms. The molecule has 26 heavy (non-hydrogen) atoms. The summed E-state index contributed by atoms with van der Waals surface area (Å²) in [6, 6.07) is 17.6. The van der Waals surface area contributed by atoms with Gasteiger partial charge in [-0.15, -0.1) is 10.2 Å². The fourth-order valence-electron chi connectivity index (χ4n) is 2.62. The van der Waals surface area contributed by atoms with Crippen LogP contribution < -0.4 is 11.2 Å². The molecular formula is C19H21N5OS. The lowest BCUT2D eigenvalue weighted by Gasteiger charge is -2.13. The summed E-state index contributed by atoms with van der Waals surface area (Å²) in [6.45, 7) is 3.95. The molecule has 0 saturated carbocycles. The molecule has 0 saturated heterocycles. The normalized spacial score (nSPS) is 11.9. The third-order valence-electron chi connectivity index (χ3n) is 4.06. The quantitative estimate of drug-likeness (QED) is 0.517. The molecule has 3 aromatic rings. The van der Waals surface area contributed by atoms with Crippen molar-refractivity contribution in [2.24, 2.45) is 0 Å². The number of thioether (sulfide) groups is 1. The largest absolute Gasteiger partial charge is 0.349 e. The topological polar surface area (TPSA) is 85.8 Å². The van der Waals surface area contributed by atoms with Gasteiger partial charge in [0, 0.05) is 5.56 Å². The highest BCUT2D eigenvalue weighted by Gasteiger charge is 2.16. The zero-order chi connectivity index (χ0) is 18.5. The standard InChI is InChI=1S/C19H21N5OS/c1-13-8-6-7-11-16(13)18-22-23-19(24(18)20)26-12-17(25)21-14(2)15-9-4-3-5-10-15/h3-11,14H,12,20H2,1-2H3,(H,21,25)/t14-/m1/s1. The number of nitrogens with two attached hydrogens (primary N) is 1. The Morgan fingerprint density at radius 3 is 2.58 bits per heavy atom. The number of carbonyl (C=O) groups excluding carboxylic acids is 1. The lowest BCUT2D eigenvalue weighted by atomic mass is 10.1. The second kappa shape index (κ2) is 8.05. The summed E-state index contributed by atoms with van der Waals surface area (Å²) in [5.41, 5.74) is 3.06. The van der Waals surface area contributed by atoms with Crippen LogP contribution in [-0.4, -0.2) is 26.5 Å². The molecule has 134 valence electrons. The molecule has 1 aromatic heterocycles. The van der Waals surface area contributed by atoms with Crippen LogP contribution in [0.2, 0.25) is 0 Å². The first-order chi connectivity index (χ1) is 12.6. The molecule has 0 spiro atoms. The number of nitrogen functional groups attached to an aromatic ring is 1. The van der Waals surface area contributed by atoms with Gasteiger partial charge >= 0.3 is 0 Å². The SMILES string of the molecule is Cc1ccccc1-c1nnc(SCC(=O)N[C@H](C)c2ccccc2)n1N. The third-order valence-corrected chi connectivity index (χ3v) is 5.00. The summed E-state index contributed by atoms with van der Waals surface area (Å²) in [6.07, 6.45) is 0. The average Bonchev–Trinajstić information content (AvgIpc) is 3.01. The molecule has 1 atom stereocenters. The van der Waals surface area contributed by atoms with Crippen molar-refractivity contribution in [3.05, 3.63) is 65.7 Å². The molecule has 3 N–H and O–H groups in total. The van der Waals surface area contributed by atoms with Gasteiger partial charge in [-0.25, -0.2) is 4.68 Å². The van der Waals surface area contributed by atoms with Crippen molar-refractivity contribution >= 4 is 17.7 Å². The van der Waals surface area contributed by atoms with E-state index in [-0.39, 0.29) is 17.7 Å². The molecule has 0 fully saturated rings. The number of nitrogens with one attached hydrogen (secondary N) is 1. The van der Waals surface area contributed by atoms with Crippen molar-refractivity contribution in [3.63, 3.8) is 0 Å². The average molecular weight is 367 g/mol. The molecule has 1 heterocycles. The van der Waals surface area contributed by atoms with E-state index in [1.807, 2.05) is 68.4 Å². The Morgan fingerprint density at radius 1 is 1.15 bits per heavy atom. The maximum absolute atomic E-state index is 12.2. The van der Waals surface area contributed by atoms with E-state index in [1.54, 1.807) is 0 Å². The maximum atomic E-state index is 12.2. The number of amides is 1. The Kier molecular flexibility index (Phi) is 5.58. The Hall–Kier alpha value is -2.80. The molecule has 6 nitrogen and oxygen atoms in total. The molecule has 2 aromatic carbocycles. The first kappa shape index (κ1) is 18.0. The summed E-state index contributed by atoms with van der Waals surface area (Å²) in [7, 11) is 0. The van der Waals surface area contributed by atoms with Crippen LogP contribution in [0, 0.1) is 6.92 Å². The van der Waals surface area contributed by atoms with E-state index in [0.717, 1.165) is 16.7 Å². The van der Waals surface area contributed by atoms with Crippen molar-refractivity contribution in [1.82, 2.24) is 20.2 Å². The molecule has 1 amide bonds. The minimum Gasteiger partial charge on any atom is -0.349 e. The van der Waals surface area contributed by atoms with Crippen LogP contribution in [0.25, 0.3) is 11.4 Å². The lowest BCUT2D eigenvalue weighted by molar-refractivity contribution is -0.119. The number of hydrogen-bond acceptors (Lipinski definition) is 5. The van der Waals surface area contributed by atoms with Gasteiger partial charge in [0.1, 0.15) is 0 Å². The van der Waals surface area contributed by atoms with Crippen LogP contribution in [0.5, 0.6) is 0 Å². The highest BCUT2D eigenvalue weighted by Crippen LogP contribution is 2.24. The highest BCUT2D eigenvalue weighted by atomic mass is 32.2. The molecule has 0 radical (unpaired) electrons. The first-order valence-corrected chi connectivity index (χ1v) is 9.28. The van der Waals surface area contributed by atoms with Gasteiger partial charge in [0.05, 0.1) is 11.8 Å². The minimum atomic E-state index is -0.0770. The zero-order valence-corrected chi connectivity index (χ0v) is 15.5. The van der Waals surface area contributed by atoms with Crippen LogP contribution in [-0.2, 0) is 4.79 Å². The second-order valence-corrected chi connectivity index (χ2v) is 6.92. The number of hydrogen-bond donors (Lipinski definition) is 2. The molecule has 0 aliphatic carbocycles. The van der Waals surface area contributed by atoms with Crippen LogP contribution in [0.15, 0.2) is 59.8 Å². The van der Waals surface area contributed by atoms with Gasteiger partial charge in [-0.3, -0.25) is 4.79 Å². The Balaban J connectivity index is 1.62. The Bertz CT molecular complexity index is 894. The third kappa shape index (κ3) is 4.05. The minimum absolute atomic E-state index is 0.0532. The number of aromatic nitrogens is 3. The Morgan fingerprint density at radius 2 is 1.85 bits per heavy atom. The Labute approximate surface area is 156 Å². The highest BCUT2D eigenvalue weighted by molar-refractivity contribution is 7.99. The van der Waals surface area contributed by atoms with E-state index in [1.165, 1.54) is 16.4 Å². The molecule has 0 aliphatic heterocycles. The summed E-state index contributed by atoms with van der Waals surface area (Å²) in [5, 5.41) is 11.8. The van der Waals surface area contributed by atoms with Gasteiger partial charge in [0.15, 0.2) is 5.82 Å². The number of rotatable bonds is 6. The van der Waals surface area contributed by atoms with Crippen molar-refractivity contribution in [2.75, 3.05) is 11.6 Å². The zero-order valence-electron chi connectivity index (χ0n) is 14.7. The van der Waals surface area contributed by atoms with Crippen LogP contribution >= 0.6 is 11.8 Å². The maximum Gasteiger partial charge on any atom is 0.230 e. The van der Waals surface area contributed by atoms with Gasteiger partial charge < -0.3 is 11.2 Å². The summed E-state index contributed by atoms with van der Waals surface area (Å²) >= 11 is 1.27. The van der Waals surface area contributed by atoms with E-state index in [4.69, 9.17) is 5.84 Å². The predicted octanol–water partition coefficient (Wildman–Crippen LogP) is 2.94. The van der Waals surface area contributed by atoms with E-state index in [2.05, 4.69) is 15.5 Å². The van der Waals surface area contributed by atoms with Crippen LogP contribution in [0.3, 0.4) is 0 Å². The fraction of sp³-hybridized carbons (Fsp3) is 0.211. The van der Waals surface area contributed by atoms with Crippen molar-refractivity contribution in [3.8, 4) is 11.4 Å². The lowest BCUT2D eigenvalue weighted by Crippen LogP contribution is -2.28. The van der Waals surface area contributed by atoms with Crippen molar-refractivity contribution in [1.29, 1.82) is 0 Å². The number of carbonyl (C=O) groups is 1. The smallest absolute Gasteiger partial charge is 0.230 e.